The van der Waals surface area contributed by atoms with Crippen LogP contribution >= 0.6 is 11.6 Å². The van der Waals surface area contributed by atoms with Crippen molar-refractivity contribution >= 4 is 23.5 Å². The maximum absolute atomic E-state index is 13.0. The minimum Gasteiger partial charge on any atom is -0.313 e. The third-order valence-corrected chi connectivity index (χ3v) is 5.92. The molecule has 1 aliphatic rings. The second kappa shape index (κ2) is 9.21. The molecule has 10 heteroatoms. The summed E-state index contributed by atoms with van der Waals surface area (Å²) in [6.07, 6.45) is 0.422. The van der Waals surface area contributed by atoms with Crippen molar-refractivity contribution in [1.29, 1.82) is 0 Å². The number of amides is 1. The maximum atomic E-state index is 13.0. The van der Waals surface area contributed by atoms with E-state index >= 15 is 0 Å². The molecule has 0 radical (unpaired) electrons. The Morgan fingerprint density at radius 1 is 1.12 bits per heavy atom. The van der Waals surface area contributed by atoms with E-state index in [1.165, 1.54) is 0 Å². The van der Waals surface area contributed by atoms with Crippen molar-refractivity contribution in [3.63, 3.8) is 0 Å². The van der Waals surface area contributed by atoms with Gasteiger partial charge < -0.3 is 10.2 Å². The Morgan fingerprint density at radius 3 is 2.52 bits per heavy atom. The van der Waals surface area contributed by atoms with Gasteiger partial charge in [-0.3, -0.25) is 9.69 Å². The average Bonchev–Trinajstić information content (AvgIpc) is 3.20. The number of aromatic nitrogens is 3. The van der Waals surface area contributed by atoms with Crippen LogP contribution < -0.4 is 15.8 Å². The fraction of sp³-hybridized carbons (Fsp3) is 0.304. The number of ketones is 1. The first kappa shape index (κ1) is 22.8. The number of nitrogens with zero attached hydrogens (tertiary/aromatic N) is 4. The van der Waals surface area contributed by atoms with Gasteiger partial charge in [-0.25, -0.2) is 9.59 Å². The molecule has 1 unspecified atom stereocenters. The molecule has 0 saturated carbocycles. The topological polar surface area (TPSA) is 98.5 Å². The molecule has 2 aromatic carbocycles. The number of rotatable bonds is 5. The van der Waals surface area contributed by atoms with Crippen LogP contribution in [0.3, 0.4) is 0 Å². The molecule has 0 aliphatic carbocycles. The highest BCUT2D eigenvalue weighted by Crippen LogP contribution is 2.23. The molecule has 4 rings (SSSR count). The zero-order valence-electron chi connectivity index (χ0n) is 18.3. The van der Waals surface area contributed by atoms with Gasteiger partial charge in [0.15, 0.2) is 12.1 Å². The third-order valence-electron chi connectivity index (χ3n) is 5.67. The van der Waals surface area contributed by atoms with E-state index in [0.717, 1.165) is 21.3 Å². The molecule has 1 fully saturated rings. The summed E-state index contributed by atoms with van der Waals surface area (Å²) in [5.41, 5.74) is -0.708. The summed E-state index contributed by atoms with van der Waals surface area (Å²) in [6.45, 7) is 4.74. The van der Waals surface area contributed by atoms with Gasteiger partial charge in [0.2, 0.25) is 0 Å². The molecule has 1 atom stereocenters. The Bertz CT molecular complexity index is 1200. The lowest BCUT2D eigenvalue weighted by Gasteiger charge is -2.35. The van der Waals surface area contributed by atoms with Gasteiger partial charge in [0.05, 0.1) is 6.04 Å². The van der Waals surface area contributed by atoms with Gasteiger partial charge in [0.1, 0.15) is 5.54 Å². The summed E-state index contributed by atoms with van der Waals surface area (Å²) in [7, 11) is 0. The summed E-state index contributed by atoms with van der Waals surface area (Å²) in [5.74, 6) is -0.330. The van der Waals surface area contributed by atoms with Crippen molar-refractivity contribution < 1.29 is 14.4 Å². The molecule has 1 aromatic heterocycles. The fourth-order valence-corrected chi connectivity index (χ4v) is 3.95. The molecule has 33 heavy (non-hydrogen) atoms. The van der Waals surface area contributed by atoms with E-state index in [4.69, 9.17) is 16.4 Å². The zero-order valence-corrected chi connectivity index (χ0v) is 19.0. The number of hydrogen-bond acceptors (Lipinski definition) is 6. The Kier molecular flexibility index (Phi) is 6.35. The van der Waals surface area contributed by atoms with Crippen LogP contribution in [0.15, 0.2) is 65.7 Å². The molecule has 9 nitrogen and oxygen atoms in total. The first-order chi connectivity index (χ1) is 15.8. The van der Waals surface area contributed by atoms with Crippen molar-refractivity contribution in [3.8, 4) is 0 Å². The number of hydrogen-bond donors (Lipinski definition) is 1. The Hall–Kier alpha value is -3.43. The zero-order chi connectivity index (χ0) is 23.6. The number of nitrogens with one attached hydrogen (secondary N) is 1. The van der Waals surface area contributed by atoms with Crippen LogP contribution in [0.2, 0.25) is 5.02 Å². The number of halogens is 1. The van der Waals surface area contributed by atoms with E-state index < -0.39 is 17.3 Å². The van der Waals surface area contributed by atoms with Gasteiger partial charge >= 0.3 is 11.8 Å². The number of benzene rings is 2. The molecular weight excluding hydrogens is 446 g/mol. The molecule has 1 aliphatic heterocycles. The smallest absolute Gasteiger partial charge is 0.313 e. The molecule has 3 aromatic rings. The van der Waals surface area contributed by atoms with Crippen LogP contribution in [0.5, 0.6) is 0 Å². The minimum atomic E-state index is -1.32. The summed E-state index contributed by atoms with van der Waals surface area (Å²) >= 11 is 5.90. The fourth-order valence-electron chi connectivity index (χ4n) is 3.82. The molecule has 1 N–H and O–H groups in total. The summed E-state index contributed by atoms with van der Waals surface area (Å²) < 4.78 is 1.76. The van der Waals surface area contributed by atoms with Crippen LogP contribution in [-0.4, -0.2) is 50.9 Å². The Balaban J connectivity index is 1.55. The monoisotopic (exact) mass is 469 g/mol. The highest BCUT2D eigenvalue weighted by molar-refractivity contribution is 6.30. The predicted octanol–water partition coefficient (Wildman–Crippen LogP) is 2.51. The van der Waals surface area contributed by atoms with Gasteiger partial charge in [-0.15, -0.1) is 4.73 Å². The summed E-state index contributed by atoms with van der Waals surface area (Å²) in [5, 5.41) is 7.81. The van der Waals surface area contributed by atoms with E-state index in [0.29, 0.717) is 30.2 Å². The third kappa shape index (κ3) is 4.55. The number of carbonyl (C=O) groups excluding carboxylic acids is 2. The van der Waals surface area contributed by atoms with Crippen LogP contribution in [0.25, 0.3) is 0 Å². The Morgan fingerprint density at radius 2 is 1.82 bits per heavy atom. The van der Waals surface area contributed by atoms with Crippen molar-refractivity contribution in [2.75, 3.05) is 19.6 Å². The quantitative estimate of drug-likeness (QED) is 0.576. The van der Waals surface area contributed by atoms with Crippen LogP contribution in [0.4, 0.5) is 4.79 Å². The van der Waals surface area contributed by atoms with Gasteiger partial charge in [-0.2, -0.15) is 9.78 Å². The largest absolute Gasteiger partial charge is 0.435 e. The molecule has 172 valence electrons. The van der Waals surface area contributed by atoms with Gasteiger partial charge in [0, 0.05) is 30.2 Å². The first-order valence-corrected chi connectivity index (χ1v) is 10.9. The van der Waals surface area contributed by atoms with E-state index in [9.17, 15) is 14.4 Å². The average molecular weight is 470 g/mol. The van der Waals surface area contributed by atoms with Gasteiger partial charge in [-0.05, 0) is 43.7 Å². The number of Topliss-reactive ketones (excluding diaryl/α,β-unsaturated/α-hetero) is 1. The SMILES string of the molecule is CC(C)(C(=O)c1ccc(Cl)cc1)n1ncn(OC(=O)N2CCNCC2c2ccccc2)c1=O. The van der Waals surface area contributed by atoms with Gasteiger partial charge in [0.25, 0.3) is 0 Å². The molecule has 1 amide bonds. The summed E-state index contributed by atoms with van der Waals surface area (Å²) in [4.78, 5) is 45.9. The molecule has 1 saturated heterocycles. The van der Waals surface area contributed by atoms with Crippen molar-refractivity contribution in [1.82, 2.24) is 24.7 Å². The van der Waals surface area contributed by atoms with E-state index in [1.54, 1.807) is 43.0 Å². The second-order valence-corrected chi connectivity index (χ2v) is 8.66. The van der Waals surface area contributed by atoms with Crippen molar-refractivity contribution in [2.45, 2.75) is 25.4 Å². The van der Waals surface area contributed by atoms with E-state index in [1.807, 2.05) is 30.3 Å². The van der Waals surface area contributed by atoms with Crippen LogP contribution in [0, 0.1) is 0 Å². The van der Waals surface area contributed by atoms with Crippen molar-refractivity contribution in [2.24, 2.45) is 0 Å². The minimum absolute atomic E-state index is 0.235. The lowest BCUT2D eigenvalue weighted by atomic mass is 9.93. The normalized spacial score (nSPS) is 16.5. The molecule has 2 heterocycles. The van der Waals surface area contributed by atoms with Crippen LogP contribution in [-0.2, 0) is 5.54 Å². The van der Waals surface area contributed by atoms with Crippen molar-refractivity contribution in [3.05, 3.63) is 87.6 Å². The van der Waals surface area contributed by atoms with E-state index in [-0.39, 0.29) is 11.8 Å². The molecular formula is C23H24ClN5O4. The number of carbonyl (C=O) groups is 2. The summed E-state index contributed by atoms with van der Waals surface area (Å²) in [6, 6.07) is 15.7. The van der Waals surface area contributed by atoms with Gasteiger partial charge in [-0.1, -0.05) is 41.9 Å². The Labute approximate surface area is 195 Å². The molecule has 0 bridgehead atoms. The lowest BCUT2D eigenvalue weighted by Crippen LogP contribution is -2.52. The van der Waals surface area contributed by atoms with E-state index in [2.05, 4.69) is 10.4 Å². The lowest BCUT2D eigenvalue weighted by molar-refractivity contribution is 0.0644. The van der Waals surface area contributed by atoms with Crippen LogP contribution in [0.1, 0.15) is 35.8 Å². The second-order valence-electron chi connectivity index (χ2n) is 8.23. The standard InChI is InChI=1S/C23H24ClN5O4/c1-23(2,20(30)17-8-10-18(24)11-9-17)29-21(31)28(15-26-29)33-22(32)27-13-12-25-14-19(27)16-6-4-3-5-7-16/h3-11,15,19,25H,12-14H2,1-2H3. The highest BCUT2D eigenvalue weighted by atomic mass is 35.5. The molecule has 0 spiro atoms. The highest BCUT2D eigenvalue weighted by Gasteiger charge is 2.35. The predicted molar refractivity (Wildman–Crippen MR) is 122 cm³/mol. The maximum Gasteiger partial charge on any atom is 0.435 e. The first-order valence-electron chi connectivity index (χ1n) is 10.5. The number of piperazine rings is 1.